The third-order valence-electron chi connectivity index (χ3n) is 4.89. The lowest BCUT2D eigenvalue weighted by Crippen LogP contribution is -2.48. The van der Waals surface area contributed by atoms with Crippen LogP contribution in [0.5, 0.6) is 5.75 Å². The molecule has 4 rings (SSSR count). The van der Waals surface area contributed by atoms with E-state index >= 15 is 0 Å². The Bertz CT molecular complexity index is 1380. The summed E-state index contributed by atoms with van der Waals surface area (Å²) in [6.45, 7) is -0.185. The van der Waals surface area contributed by atoms with Crippen molar-refractivity contribution in [2.24, 2.45) is 0 Å². The minimum absolute atomic E-state index is 0.0236. The van der Waals surface area contributed by atoms with Gasteiger partial charge in [-0.05, 0) is 48.5 Å². The van der Waals surface area contributed by atoms with E-state index in [2.05, 4.69) is 10.0 Å². The summed E-state index contributed by atoms with van der Waals surface area (Å²) in [5, 5.41) is 2.64. The van der Waals surface area contributed by atoms with Crippen LogP contribution in [0.25, 0.3) is 0 Å². The van der Waals surface area contributed by atoms with Crippen LogP contribution in [-0.2, 0) is 24.8 Å². The molecule has 1 heterocycles. The van der Waals surface area contributed by atoms with Gasteiger partial charge < -0.3 is 10.1 Å². The van der Waals surface area contributed by atoms with Crippen molar-refractivity contribution < 1.29 is 26.4 Å². The van der Waals surface area contributed by atoms with Gasteiger partial charge >= 0.3 is 0 Å². The summed E-state index contributed by atoms with van der Waals surface area (Å²) in [6.07, 6.45) is -0.0232. The van der Waals surface area contributed by atoms with Crippen LogP contribution in [0.1, 0.15) is 0 Å². The van der Waals surface area contributed by atoms with Gasteiger partial charge in [-0.3, -0.25) is 13.8 Å². The van der Waals surface area contributed by atoms with Gasteiger partial charge in [-0.2, -0.15) is 0 Å². The molecule has 0 aromatic heterocycles. The van der Waals surface area contributed by atoms with Crippen molar-refractivity contribution in [3.05, 3.63) is 78.9 Å². The third kappa shape index (κ3) is 5.10. The first kappa shape index (κ1) is 22.6. The molecule has 1 amide bonds. The third-order valence-corrected chi connectivity index (χ3v) is 7.43. The molecule has 0 spiro atoms. The molecule has 9 nitrogen and oxygen atoms in total. The summed E-state index contributed by atoms with van der Waals surface area (Å²) >= 11 is 0. The lowest BCUT2D eigenvalue weighted by molar-refractivity contribution is -0.122. The largest absolute Gasteiger partial charge is 0.476 e. The molecule has 0 fully saturated rings. The number of benzene rings is 3. The number of amides is 1. The number of sulfonamides is 2. The van der Waals surface area contributed by atoms with Gasteiger partial charge in [0.05, 0.1) is 23.4 Å². The van der Waals surface area contributed by atoms with Crippen LogP contribution in [0, 0.1) is 0 Å². The Labute approximate surface area is 192 Å². The molecule has 1 aliphatic heterocycles. The number of anilines is 3. The summed E-state index contributed by atoms with van der Waals surface area (Å²) in [5.74, 6) is -0.279. The summed E-state index contributed by atoms with van der Waals surface area (Å²) in [6, 6.07) is 20.7. The van der Waals surface area contributed by atoms with E-state index in [-0.39, 0.29) is 17.2 Å². The monoisotopic (exact) mass is 487 g/mol. The average Bonchev–Trinajstić information content (AvgIpc) is 2.78. The Morgan fingerprint density at radius 2 is 1.52 bits per heavy atom. The fraction of sp³-hybridized carbons (Fsp3) is 0.136. The van der Waals surface area contributed by atoms with E-state index in [4.69, 9.17) is 4.74 Å². The van der Waals surface area contributed by atoms with Gasteiger partial charge in [0.15, 0.2) is 6.10 Å². The smallest absolute Gasteiger partial charge is 0.267 e. The minimum atomic E-state index is -3.80. The number of rotatable bonds is 6. The highest BCUT2D eigenvalue weighted by Gasteiger charge is 2.34. The van der Waals surface area contributed by atoms with Gasteiger partial charge in [0.2, 0.25) is 10.0 Å². The van der Waals surface area contributed by atoms with Gasteiger partial charge in [-0.15, -0.1) is 0 Å². The fourth-order valence-electron chi connectivity index (χ4n) is 3.31. The van der Waals surface area contributed by atoms with Crippen molar-refractivity contribution in [1.29, 1.82) is 0 Å². The van der Waals surface area contributed by atoms with Crippen LogP contribution in [0.3, 0.4) is 0 Å². The van der Waals surface area contributed by atoms with Crippen LogP contribution >= 0.6 is 0 Å². The summed E-state index contributed by atoms with van der Waals surface area (Å²) in [7, 11) is -7.42. The summed E-state index contributed by atoms with van der Waals surface area (Å²) < 4.78 is 58.8. The number of hydrogen-bond acceptors (Lipinski definition) is 6. The highest BCUT2D eigenvalue weighted by Crippen LogP contribution is 2.34. The molecule has 11 heteroatoms. The lowest BCUT2D eigenvalue weighted by Gasteiger charge is -2.33. The Balaban J connectivity index is 1.48. The molecule has 0 aliphatic carbocycles. The first-order valence-electron chi connectivity index (χ1n) is 9.86. The van der Waals surface area contributed by atoms with E-state index in [1.807, 2.05) is 0 Å². The average molecular weight is 488 g/mol. The van der Waals surface area contributed by atoms with Crippen LogP contribution in [0.15, 0.2) is 83.8 Å². The van der Waals surface area contributed by atoms with Crippen LogP contribution in [-0.4, -0.2) is 41.6 Å². The van der Waals surface area contributed by atoms with Crippen molar-refractivity contribution in [2.75, 3.05) is 27.1 Å². The molecule has 3 aromatic rings. The van der Waals surface area contributed by atoms with Crippen molar-refractivity contribution in [3.63, 3.8) is 0 Å². The van der Waals surface area contributed by atoms with E-state index in [0.29, 0.717) is 17.1 Å². The number of ether oxygens (including phenoxy) is 1. The van der Waals surface area contributed by atoms with Gasteiger partial charge in [0.1, 0.15) is 5.75 Å². The van der Waals surface area contributed by atoms with E-state index in [1.54, 1.807) is 54.6 Å². The van der Waals surface area contributed by atoms with Crippen molar-refractivity contribution in [2.45, 2.75) is 11.0 Å². The SMILES string of the molecule is CS(=O)(=O)N1C[C@@H](C(=O)Nc2ccc(S(=O)(=O)Nc3ccccc3)cc2)Oc2ccccc21. The van der Waals surface area contributed by atoms with Crippen LogP contribution in [0.2, 0.25) is 0 Å². The number of carbonyl (C=O) groups is 1. The van der Waals surface area contributed by atoms with Crippen molar-refractivity contribution in [3.8, 4) is 5.75 Å². The Morgan fingerprint density at radius 1 is 0.879 bits per heavy atom. The van der Waals surface area contributed by atoms with E-state index in [0.717, 1.165) is 10.6 Å². The second-order valence-corrected chi connectivity index (χ2v) is 10.9. The first-order valence-corrected chi connectivity index (χ1v) is 13.2. The first-order chi connectivity index (χ1) is 15.6. The lowest BCUT2D eigenvalue weighted by atomic mass is 10.2. The number of carbonyl (C=O) groups excluding carboxylic acids is 1. The minimum Gasteiger partial charge on any atom is -0.476 e. The van der Waals surface area contributed by atoms with E-state index in [9.17, 15) is 21.6 Å². The summed E-state index contributed by atoms with van der Waals surface area (Å²) in [4.78, 5) is 12.8. The van der Waals surface area contributed by atoms with Crippen LogP contribution < -0.4 is 19.1 Å². The highest BCUT2D eigenvalue weighted by molar-refractivity contribution is 7.92. The second kappa shape index (κ2) is 8.75. The van der Waals surface area contributed by atoms with Crippen LogP contribution in [0.4, 0.5) is 17.1 Å². The standard InChI is InChI=1S/C22H21N3O6S2/c1-32(27,28)25-15-21(31-20-10-6-5-9-19(20)25)22(26)23-16-11-13-18(14-12-16)33(29,30)24-17-7-3-2-4-8-17/h2-14,21,24H,15H2,1H3,(H,23,26)/t21-/m0/s1. The van der Waals surface area contributed by atoms with Gasteiger partial charge in [0, 0.05) is 11.4 Å². The molecular formula is C22H21N3O6S2. The zero-order chi connectivity index (χ0) is 23.6. The Hall–Kier alpha value is -3.57. The number of nitrogens with one attached hydrogen (secondary N) is 2. The van der Waals surface area contributed by atoms with Gasteiger partial charge in [0.25, 0.3) is 15.9 Å². The molecular weight excluding hydrogens is 466 g/mol. The molecule has 172 valence electrons. The zero-order valence-corrected chi connectivity index (χ0v) is 19.1. The number of hydrogen-bond donors (Lipinski definition) is 2. The van der Waals surface area contributed by atoms with Crippen molar-refractivity contribution in [1.82, 2.24) is 0 Å². The normalized spacial score (nSPS) is 15.8. The van der Waals surface area contributed by atoms with E-state index in [1.165, 1.54) is 24.3 Å². The number of para-hydroxylation sites is 3. The molecule has 0 saturated carbocycles. The topological polar surface area (TPSA) is 122 Å². The zero-order valence-electron chi connectivity index (χ0n) is 17.5. The molecule has 0 radical (unpaired) electrons. The molecule has 0 saturated heterocycles. The molecule has 0 bridgehead atoms. The molecule has 0 unspecified atom stereocenters. The molecule has 1 aliphatic rings. The Morgan fingerprint density at radius 3 is 2.18 bits per heavy atom. The number of fused-ring (bicyclic) bond motifs is 1. The molecule has 2 N–H and O–H groups in total. The molecule has 1 atom stereocenters. The fourth-order valence-corrected chi connectivity index (χ4v) is 5.29. The quantitative estimate of drug-likeness (QED) is 0.551. The van der Waals surface area contributed by atoms with Gasteiger partial charge in [-0.25, -0.2) is 16.8 Å². The van der Waals surface area contributed by atoms with Gasteiger partial charge in [-0.1, -0.05) is 30.3 Å². The maximum Gasteiger partial charge on any atom is 0.267 e. The maximum atomic E-state index is 12.8. The predicted octanol–water partition coefficient (Wildman–Crippen LogP) is 2.65. The number of nitrogens with zero attached hydrogens (tertiary/aromatic N) is 1. The highest BCUT2D eigenvalue weighted by atomic mass is 32.2. The predicted molar refractivity (Wildman–Crippen MR) is 125 cm³/mol. The van der Waals surface area contributed by atoms with E-state index < -0.39 is 32.1 Å². The summed E-state index contributed by atoms with van der Waals surface area (Å²) in [5.41, 5.74) is 1.14. The van der Waals surface area contributed by atoms with Crippen molar-refractivity contribution >= 4 is 43.0 Å². The maximum absolute atomic E-state index is 12.8. The Kier molecular flexibility index (Phi) is 6.00. The second-order valence-electron chi connectivity index (χ2n) is 7.35. The molecule has 3 aromatic carbocycles. The molecule has 33 heavy (non-hydrogen) atoms.